The molecule has 0 unspecified atom stereocenters. The van der Waals surface area contributed by atoms with E-state index < -0.39 is 5.92 Å². The van der Waals surface area contributed by atoms with Crippen molar-refractivity contribution in [1.82, 2.24) is 16.0 Å². The molecule has 3 amide bonds. The minimum Gasteiger partial charge on any atom is -0.353 e. The predicted molar refractivity (Wildman–Crippen MR) is 88.0 cm³/mol. The van der Waals surface area contributed by atoms with Gasteiger partial charge in [0.05, 0.1) is 0 Å². The second-order valence-electron chi connectivity index (χ2n) is 7.04. The summed E-state index contributed by atoms with van der Waals surface area (Å²) >= 11 is 0. The third-order valence-corrected chi connectivity index (χ3v) is 4.89. The van der Waals surface area contributed by atoms with E-state index in [1.165, 1.54) is 6.42 Å². The second kappa shape index (κ2) is 9.18. The Balaban J connectivity index is 1.50. The lowest BCUT2D eigenvalue weighted by atomic mass is 9.92. The van der Waals surface area contributed by atoms with Crippen LogP contribution < -0.4 is 16.0 Å². The Morgan fingerprint density at radius 1 is 0.917 bits per heavy atom. The van der Waals surface area contributed by atoms with Crippen LogP contribution in [0.25, 0.3) is 0 Å². The number of carbonyl (C=O) groups is 2. The van der Waals surface area contributed by atoms with Gasteiger partial charge in [0, 0.05) is 37.9 Å². The molecular formula is C17H29F2N3O2. The molecule has 2 fully saturated rings. The van der Waals surface area contributed by atoms with Crippen LogP contribution in [0.15, 0.2) is 0 Å². The lowest BCUT2D eigenvalue weighted by molar-refractivity contribution is -0.123. The number of hydrogen-bond donors (Lipinski definition) is 3. The topological polar surface area (TPSA) is 70.2 Å². The van der Waals surface area contributed by atoms with Crippen LogP contribution in [0.1, 0.15) is 70.6 Å². The Labute approximate surface area is 142 Å². The molecule has 2 aliphatic rings. The summed E-state index contributed by atoms with van der Waals surface area (Å²) in [5.74, 6) is -2.70. The van der Waals surface area contributed by atoms with E-state index in [9.17, 15) is 18.4 Å². The first-order valence-electron chi connectivity index (χ1n) is 9.16. The molecule has 0 saturated heterocycles. The molecule has 2 aliphatic carbocycles. The van der Waals surface area contributed by atoms with E-state index in [0.29, 0.717) is 32.2 Å². The molecule has 0 radical (unpaired) electrons. The summed E-state index contributed by atoms with van der Waals surface area (Å²) < 4.78 is 26.1. The zero-order valence-corrected chi connectivity index (χ0v) is 14.2. The van der Waals surface area contributed by atoms with Crippen molar-refractivity contribution < 1.29 is 18.4 Å². The van der Waals surface area contributed by atoms with Gasteiger partial charge < -0.3 is 16.0 Å². The summed E-state index contributed by atoms with van der Waals surface area (Å²) in [4.78, 5) is 23.5. The zero-order valence-electron chi connectivity index (χ0n) is 14.2. The Kier molecular flexibility index (Phi) is 7.24. The molecule has 0 aromatic heterocycles. The first-order chi connectivity index (χ1) is 11.4. The van der Waals surface area contributed by atoms with E-state index in [1.807, 2.05) is 0 Å². The highest BCUT2D eigenvalue weighted by Crippen LogP contribution is 2.32. The Morgan fingerprint density at radius 3 is 2.21 bits per heavy atom. The number of amides is 3. The molecule has 0 bridgehead atoms. The maximum Gasteiger partial charge on any atom is 0.315 e. The molecule has 0 atom stereocenters. The summed E-state index contributed by atoms with van der Waals surface area (Å²) in [5.41, 5.74) is 0. The summed E-state index contributed by atoms with van der Waals surface area (Å²) in [6.07, 6.45) is 6.86. The van der Waals surface area contributed by atoms with Crippen LogP contribution in [-0.2, 0) is 4.79 Å². The number of alkyl halides is 2. The number of carbonyl (C=O) groups excluding carboxylic acids is 2. The fourth-order valence-electron chi connectivity index (χ4n) is 3.42. The molecule has 5 nitrogen and oxygen atoms in total. The average Bonchev–Trinajstić information content (AvgIpc) is 2.55. The van der Waals surface area contributed by atoms with E-state index >= 15 is 0 Å². The van der Waals surface area contributed by atoms with E-state index in [-0.39, 0.29) is 36.9 Å². The van der Waals surface area contributed by atoms with E-state index in [2.05, 4.69) is 16.0 Å². The molecule has 7 heteroatoms. The van der Waals surface area contributed by atoms with Crippen molar-refractivity contribution in [3.8, 4) is 0 Å². The summed E-state index contributed by atoms with van der Waals surface area (Å²) in [5, 5.41) is 8.54. The Bertz CT molecular complexity index is 416. The molecule has 0 aromatic carbocycles. The fourth-order valence-corrected chi connectivity index (χ4v) is 3.42. The summed E-state index contributed by atoms with van der Waals surface area (Å²) in [6, 6.07) is -0.0389. The van der Waals surface area contributed by atoms with Gasteiger partial charge in [0.2, 0.25) is 11.8 Å². The van der Waals surface area contributed by atoms with Gasteiger partial charge in [-0.15, -0.1) is 0 Å². The lowest BCUT2D eigenvalue weighted by Gasteiger charge is -2.28. The predicted octanol–water partition coefficient (Wildman–Crippen LogP) is 3.09. The van der Waals surface area contributed by atoms with E-state index in [4.69, 9.17) is 0 Å². The second-order valence-corrected chi connectivity index (χ2v) is 7.04. The van der Waals surface area contributed by atoms with Crippen LogP contribution in [0, 0.1) is 0 Å². The SMILES string of the molecule is O=C(CCCNC(=O)NC1CCCCC1)NC1CCC(F)(F)CC1. The maximum absolute atomic E-state index is 13.0. The molecule has 0 heterocycles. The minimum absolute atomic E-state index is 0.125. The van der Waals surface area contributed by atoms with Crippen LogP contribution in [0.2, 0.25) is 0 Å². The quantitative estimate of drug-likeness (QED) is 0.648. The van der Waals surface area contributed by atoms with Crippen LogP contribution in [0.5, 0.6) is 0 Å². The standard InChI is InChI=1S/C17H29F2N3O2/c18-17(19)10-8-14(9-11-17)21-15(23)7-4-12-20-16(24)22-13-5-2-1-3-6-13/h13-14H,1-12H2,(H,21,23)(H2,20,22,24). The van der Waals surface area contributed by atoms with Gasteiger partial charge in [0.1, 0.15) is 0 Å². The zero-order chi connectivity index (χ0) is 17.4. The van der Waals surface area contributed by atoms with Crippen molar-refractivity contribution >= 4 is 11.9 Å². The number of nitrogens with one attached hydrogen (secondary N) is 3. The largest absolute Gasteiger partial charge is 0.353 e. The molecule has 138 valence electrons. The van der Waals surface area contributed by atoms with Crippen molar-refractivity contribution in [2.24, 2.45) is 0 Å². The van der Waals surface area contributed by atoms with Gasteiger partial charge in [-0.1, -0.05) is 19.3 Å². The maximum atomic E-state index is 13.0. The normalized spacial score (nSPS) is 21.9. The molecular weight excluding hydrogens is 316 g/mol. The molecule has 0 aromatic rings. The lowest BCUT2D eigenvalue weighted by Crippen LogP contribution is -2.43. The van der Waals surface area contributed by atoms with Crippen molar-refractivity contribution in [2.75, 3.05) is 6.54 Å². The first kappa shape index (κ1) is 18.9. The molecule has 3 N–H and O–H groups in total. The number of hydrogen-bond acceptors (Lipinski definition) is 2. The van der Waals surface area contributed by atoms with Gasteiger partial charge in [-0.2, -0.15) is 0 Å². The third kappa shape index (κ3) is 7.01. The highest BCUT2D eigenvalue weighted by atomic mass is 19.3. The van der Waals surface area contributed by atoms with Crippen molar-refractivity contribution in [3.05, 3.63) is 0 Å². The highest BCUT2D eigenvalue weighted by Gasteiger charge is 2.35. The van der Waals surface area contributed by atoms with Gasteiger partial charge in [0.15, 0.2) is 0 Å². The smallest absolute Gasteiger partial charge is 0.315 e. The van der Waals surface area contributed by atoms with E-state index in [0.717, 1.165) is 25.7 Å². The number of rotatable bonds is 6. The van der Waals surface area contributed by atoms with Gasteiger partial charge >= 0.3 is 6.03 Å². The van der Waals surface area contributed by atoms with Crippen LogP contribution in [0.4, 0.5) is 13.6 Å². The molecule has 0 aliphatic heterocycles. The Hall–Kier alpha value is -1.40. The highest BCUT2D eigenvalue weighted by molar-refractivity contribution is 5.76. The van der Waals surface area contributed by atoms with Crippen molar-refractivity contribution in [2.45, 2.75) is 88.6 Å². The monoisotopic (exact) mass is 345 g/mol. The van der Waals surface area contributed by atoms with Gasteiger partial charge in [-0.3, -0.25) is 4.79 Å². The summed E-state index contributed by atoms with van der Waals surface area (Å²) in [6.45, 7) is 0.439. The molecule has 24 heavy (non-hydrogen) atoms. The van der Waals surface area contributed by atoms with Crippen molar-refractivity contribution in [1.29, 1.82) is 0 Å². The van der Waals surface area contributed by atoms with Crippen LogP contribution in [0.3, 0.4) is 0 Å². The third-order valence-electron chi connectivity index (χ3n) is 4.89. The van der Waals surface area contributed by atoms with E-state index in [1.54, 1.807) is 0 Å². The van der Waals surface area contributed by atoms with Crippen LogP contribution >= 0.6 is 0 Å². The molecule has 2 saturated carbocycles. The minimum atomic E-state index is -2.57. The first-order valence-corrected chi connectivity index (χ1v) is 9.16. The van der Waals surface area contributed by atoms with Gasteiger partial charge in [-0.05, 0) is 32.1 Å². The number of halogens is 2. The van der Waals surface area contributed by atoms with Gasteiger partial charge in [-0.25, -0.2) is 13.6 Å². The number of urea groups is 1. The average molecular weight is 345 g/mol. The molecule has 0 spiro atoms. The molecule has 2 rings (SSSR count). The Morgan fingerprint density at radius 2 is 1.54 bits per heavy atom. The fraction of sp³-hybridized carbons (Fsp3) is 0.882. The van der Waals surface area contributed by atoms with Crippen LogP contribution in [-0.4, -0.2) is 36.5 Å². The van der Waals surface area contributed by atoms with Gasteiger partial charge in [0.25, 0.3) is 0 Å². The van der Waals surface area contributed by atoms with Crippen molar-refractivity contribution in [3.63, 3.8) is 0 Å². The summed E-state index contributed by atoms with van der Waals surface area (Å²) in [7, 11) is 0.